The minimum atomic E-state index is -0.926. The Balaban J connectivity index is 1.94. The Kier molecular flexibility index (Phi) is 2.99. The summed E-state index contributed by atoms with van der Waals surface area (Å²) in [4.78, 5) is 22.1. The Bertz CT molecular complexity index is 689. The van der Waals surface area contributed by atoms with Crippen LogP contribution in [0.15, 0.2) is 42.5 Å². The minimum absolute atomic E-state index is 0.0519. The van der Waals surface area contributed by atoms with Crippen LogP contribution >= 0.6 is 0 Å². The molecule has 3 rings (SSSR count). The van der Waals surface area contributed by atoms with Crippen molar-refractivity contribution in [1.29, 1.82) is 0 Å². The van der Waals surface area contributed by atoms with Crippen LogP contribution in [0.2, 0.25) is 0 Å². The quantitative estimate of drug-likeness (QED) is 0.879. The number of aryl methyl sites for hydroxylation is 1. The standard InChI is InChI=1S/C16H13NO3/c18-15-8-6-13-9-12(5-7-14(13)17-15)10-1-3-11(4-2-10)16(19)20/h1-5,7,9H,6,8H2,(H,17,18)(H,19,20). The van der Waals surface area contributed by atoms with Gasteiger partial charge in [0.05, 0.1) is 5.56 Å². The number of benzene rings is 2. The van der Waals surface area contributed by atoms with Crippen LogP contribution in [0.3, 0.4) is 0 Å². The molecule has 0 spiro atoms. The van der Waals surface area contributed by atoms with Crippen LogP contribution in [0.4, 0.5) is 5.69 Å². The van der Waals surface area contributed by atoms with Gasteiger partial charge in [-0.25, -0.2) is 4.79 Å². The molecule has 0 bridgehead atoms. The summed E-state index contributed by atoms with van der Waals surface area (Å²) in [6.07, 6.45) is 1.25. The maximum Gasteiger partial charge on any atom is 0.335 e. The summed E-state index contributed by atoms with van der Waals surface area (Å²) in [6.45, 7) is 0. The number of anilines is 1. The Labute approximate surface area is 116 Å². The van der Waals surface area contributed by atoms with E-state index < -0.39 is 5.97 Å². The molecule has 100 valence electrons. The van der Waals surface area contributed by atoms with Crippen LogP contribution in [0.5, 0.6) is 0 Å². The second-order valence-electron chi connectivity index (χ2n) is 4.80. The maximum atomic E-state index is 11.3. The zero-order chi connectivity index (χ0) is 14.1. The molecule has 0 radical (unpaired) electrons. The van der Waals surface area contributed by atoms with Crippen molar-refractivity contribution in [1.82, 2.24) is 0 Å². The van der Waals surface area contributed by atoms with E-state index in [0.717, 1.165) is 28.8 Å². The van der Waals surface area contributed by atoms with Gasteiger partial charge >= 0.3 is 5.97 Å². The van der Waals surface area contributed by atoms with Crippen molar-refractivity contribution < 1.29 is 14.7 Å². The monoisotopic (exact) mass is 267 g/mol. The fraction of sp³-hybridized carbons (Fsp3) is 0.125. The van der Waals surface area contributed by atoms with Crippen LogP contribution < -0.4 is 5.32 Å². The molecule has 1 aliphatic heterocycles. The molecule has 0 saturated heterocycles. The zero-order valence-corrected chi connectivity index (χ0v) is 10.7. The van der Waals surface area contributed by atoms with Crippen molar-refractivity contribution in [2.24, 2.45) is 0 Å². The number of hydrogen-bond donors (Lipinski definition) is 2. The molecule has 0 unspecified atom stereocenters. The highest BCUT2D eigenvalue weighted by Crippen LogP contribution is 2.28. The number of carboxylic acid groups (broad SMARTS) is 1. The molecule has 0 aliphatic carbocycles. The van der Waals surface area contributed by atoms with Crippen molar-refractivity contribution in [3.63, 3.8) is 0 Å². The molecule has 0 aromatic heterocycles. The third-order valence-electron chi connectivity index (χ3n) is 3.47. The SMILES string of the molecule is O=C1CCc2cc(-c3ccc(C(=O)O)cc3)ccc2N1. The lowest BCUT2D eigenvalue weighted by Crippen LogP contribution is -2.18. The molecule has 1 heterocycles. The summed E-state index contributed by atoms with van der Waals surface area (Å²) in [5, 5.41) is 11.7. The fourth-order valence-electron chi connectivity index (χ4n) is 2.37. The normalized spacial score (nSPS) is 13.5. The lowest BCUT2D eigenvalue weighted by atomic mass is 9.96. The van der Waals surface area contributed by atoms with Gasteiger partial charge in [-0.1, -0.05) is 18.2 Å². The average Bonchev–Trinajstić information content (AvgIpc) is 2.47. The molecule has 0 saturated carbocycles. The summed E-state index contributed by atoms with van der Waals surface area (Å²) >= 11 is 0. The lowest BCUT2D eigenvalue weighted by Gasteiger charge is -2.17. The molecule has 2 aromatic carbocycles. The first-order valence-corrected chi connectivity index (χ1v) is 6.40. The van der Waals surface area contributed by atoms with E-state index >= 15 is 0 Å². The van der Waals surface area contributed by atoms with Gasteiger partial charge in [0.2, 0.25) is 5.91 Å². The molecule has 0 atom stereocenters. The highest BCUT2D eigenvalue weighted by atomic mass is 16.4. The minimum Gasteiger partial charge on any atom is -0.478 e. The maximum absolute atomic E-state index is 11.3. The predicted molar refractivity (Wildman–Crippen MR) is 75.8 cm³/mol. The fourth-order valence-corrected chi connectivity index (χ4v) is 2.37. The van der Waals surface area contributed by atoms with Crippen molar-refractivity contribution >= 4 is 17.6 Å². The molecule has 2 aromatic rings. The molecular weight excluding hydrogens is 254 g/mol. The molecule has 1 aliphatic rings. The summed E-state index contributed by atoms with van der Waals surface area (Å²) in [6, 6.07) is 12.7. The number of carboxylic acids is 1. The molecule has 2 N–H and O–H groups in total. The van der Waals surface area contributed by atoms with E-state index in [1.54, 1.807) is 24.3 Å². The topological polar surface area (TPSA) is 66.4 Å². The van der Waals surface area contributed by atoms with Gasteiger partial charge in [-0.3, -0.25) is 4.79 Å². The number of carbonyl (C=O) groups is 2. The number of amides is 1. The number of aromatic carboxylic acids is 1. The number of rotatable bonds is 2. The van der Waals surface area contributed by atoms with Gasteiger partial charge in [-0.05, 0) is 47.4 Å². The van der Waals surface area contributed by atoms with Crippen LogP contribution in [0, 0.1) is 0 Å². The van der Waals surface area contributed by atoms with Crippen LogP contribution in [-0.2, 0) is 11.2 Å². The second-order valence-corrected chi connectivity index (χ2v) is 4.80. The smallest absolute Gasteiger partial charge is 0.335 e. The van der Waals surface area contributed by atoms with E-state index in [2.05, 4.69) is 5.32 Å². The molecule has 4 nitrogen and oxygen atoms in total. The van der Waals surface area contributed by atoms with Crippen molar-refractivity contribution in [2.45, 2.75) is 12.8 Å². The van der Waals surface area contributed by atoms with Gasteiger partial charge in [-0.15, -0.1) is 0 Å². The first-order chi connectivity index (χ1) is 9.63. The second kappa shape index (κ2) is 4.81. The molecule has 1 amide bonds. The van der Waals surface area contributed by atoms with Gasteiger partial charge in [0, 0.05) is 12.1 Å². The van der Waals surface area contributed by atoms with E-state index in [9.17, 15) is 9.59 Å². The summed E-state index contributed by atoms with van der Waals surface area (Å²) in [7, 11) is 0. The van der Waals surface area contributed by atoms with Crippen LogP contribution in [-0.4, -0.2) is 17.0 Å². The Hall–Kier alpha value is -2.62. The van der Waals surface area contributed by atoms with E-state index in [-0.39, 0.29) is 11.5 Å². The molecule has 20 heavy (non-hydrogen) atoms. The van der Waals surface area contributed by atoms with Crippen molar-refractivity contribution in [3.8, 4) is 11.1 Å². The molecule has 4 heteroatoms. The largest absolute Gasteiger partial charge is 0.478 e. The Morgan fingerprint density at radius 1 is 1.00 bits per heavy atom. The van der Waals surface area contributed by atoms with Gasteiger partial charge < -0.3 is 10.4 Å². The van der Waals surface area contributed by atoms with E-state index in [0.29, 0.717) is 6.42 Å². The average molecular weight is 267 g/mol. The molecular formula is C16H13NO3. The van der Waals surface area contributed by atoms with E-state index in [1.807, 2.05) is 18.2 Å². The highest BCUT2D eigenvalue weighted by molar-refractivity contribution is 5.94. The summed E-state index contributed by atoms with van der Waals surface area (Å²) < 4.78 is 0. The Morgan fingerprint density at radius 3 is 2.40 bits per heavy atom. The third kappa shape index (κ3) is 2.28. The van der Waals surface area contributed by atoms with Crippen molar-refractivity contribution in [2.75, 3.05) is 5.32 Å². The highest BCUT2D eigenvalue weighted by Gasteiger charge is 2.15. The van der Waals surface area contributed by atoms with E-state index in [4.69, 9.17) is 5.11 Å². The van der Waals surface area contributed by atoms with Gasteiger partial charge in [0.15, 0.2) is 0 Å². The van der Waals surface area contributed by atoms with Gasteiger partial charge in [0.25, 0.3) is 0 Å². The van der Waals surface area contributed by atoms with Gasteiger partial charge in [-0.2, -0.15) is 0 Å². The number of hydrogen-bond acceptors (Lipinski definition) is 2. The first kappa shape index (κ1) is 12.4. The predicted octanol–water partition coefficient (Wildman–Crippen LogP) is 2.94. The molecule has 0 fully saturated rings. The van der Waals surface area contributed by atoms with Crippen LogP contribution in [0.1, 0.15) is 22.3 Å². The Morgan fingerprint density at radius 2 is 1.70 bits per heavy atom. The number of carbonyl (C=O) groups excluding carboxylic acids is 1. The number of nitrogens with one attached hydrogen (secondary N) is 1. The summed E-state index contributed by atoms with van der Waals surface area (Å²) in [5.41, 5.74) is 4.25. The zero-order valence-electron chi connectivity index (χ0n) is 10.7. The van der Waals surface area contributed by atoms with E-state index in [1.165, 1.54) is 0 Å². The summed E-state index contributed by atoms with van der Waals surface area (Å²) in [5.74, 6) is -0.874. The first-order valence-electron chi connectivity index (χ1n) is 6.40. The van der Waals surface area contributed by atoms with Gasteiger partial charge in [0.1, 0.15) is 0 Å². The van der Waals surface area contributed by atoms with Crippen molar-refractivity contribution in [3.05, 3.63) is 53.6 Å². The third-order valence-corrected chi connectivity index (χ3v) is 3.47. The lowest BCUT2D eigenvalue weighted by molar-refractivity contribution is -0.116. The van der Waals surface area contributed by atoms with Crippen LogP contribution in [0.25, 0.3) is 11.1 Å². The number of fused-ring (bicyclic) bond motifs is 1.